The topological polar surface area (TPSA) is 58.6 Å². The van der Waals surface area contributed by atoms with Crippen molar-refractivity contribution in [3.8, 4) is 0 Å². The van der Waals surface area contributed by atoms with Crippen molar-refractivity contribution in [1.29, 1.82) is 0 Å². The molecule has 1 N–H and O–H groups in total. The van der Waals surface area contributed by atoms with Crippen LogP contribution in [0.5, 0.6) is 0 Å². The molecule has 0 aromatic heterocycles. The summed E-state index contributed by atoms with van der Waals surface area (Å²) >= 11 is 0. The van der Waals surface area contributed by atoms with Crippen molar-refractivity contribution in [1.82, 2.24) is 4.90 Å². The van der Waals surface area contributed by atoms with Crippen molar-refractivity contribution < 1.29 is 14.3 Å². The SMILES string of the molecule is CCOC(=O)[C@@H]1[C@H](c2ccccc2)[C@@H]2CCCN2[C@]12C(=O)Nc1ccccc12. The molecule has 0 radical (unpaired) electrons. The van der Waals surface area contributed by atoms with Gasteiger partial charge in [0.2, 0.25) is 0 Å². The summed E-state index contributed by atoms with van der Waals surface area (Å²) in [6.07, 6.45) is 2.01. The van der Waals surface area contributed by atoms with Gasteiger partial charge in [0, 0.05) is 23.2 Å². The number of para-hydroxylation sites is 1. The van der Waals surface area contributed by atoms with Crippen LogP contribution in [0, 0.1) is 5.92 Å². The molecule has 2 saturated heterocycles. The summed E-state index contributed by atoms with van der Waals surface area (Å²) < 4.78 is 5.55. The van der Waals surface area contributed by atoms with Crippen LogP contribution in [0.1, 0.15) is 36.8 Å². The third-order valence-electron chi connectivity index (χ3n) is 6.63. The maximum atomic E-state index is 13.5. The number of rotatable bonds is 3. The number of hydrogen-bond donors (Lipinski definition) is 1. The zero-order valence-electron chi connectivity index (χ0n) is 15.9. The van der Waals surface area contributed by atoms with Gasteiger partial charge >= 0.3 is 5.97 Å². The maximum Gasteiger partial charge on any atom is 0.312 e. The fourth-order valence-electron chi connectivity index (χ4n) is 5.76. The van der Waals surface area contributed by atoms with Gasteiger partial charge in [-0.15, -0.1) is 0 Å². The molecule has 3 aliphatic heterocycles. The number of nitrogens with zero attached hydrogens (tertiary/aromatic N) is 1. The van der Waals surface area contributed by atoms with E-state index >= 15 is 0 Å². The molecule has 2 aromatic rings. The number of fused-ring (bicyclic) bond motifs is 4. The highest BCUT2D eigenvalue weighted by molar-refractivity contribution is 6.09. The second kappa shape index (κ2) is 6.45. The Morgan fingerprint density at radius 1 is 1.18 bits per heavy atom. The van der Waals surface area contributed by atoms with Crippen molar-refractivity contribution >= 4 is 17.6 Å². The first-order valence-corrected chi connectivity index (χ1v) is 10.1. The molecule has 1 amide bonds. The van der Waals surface area contributed by atoms with E-state index in [0.29, 0.717) is 6.61 Å². The molecule has 5 heteroatoms. The molecular weight excluding hydrogens is 352 g/mol. The molecule has 0 aliphatic carbocycles. The number of benzene rings is 2. The normalized spacial score (nSPS) is 30.9. The fraction of sp³-hybridized carbons (Fsp3) is 0.391. The lowest BCUT2D eigenvalue weighted by Crippen LogP contribution is -2.53. The number of carbonyl (C=O) groups is 2. The molecule has 3 aliphatic rings. The molecule has 3 heterocycles. The predicted octanol–water partition coefficient (Wildman–Crippen LogP) is 3.28. The molecule has 5 nitrogen and oxygen atoms in total. The number of hydrogen-bond acceptors (Lipinski definition) is 4. The van der Waals surface area contributed by atoms with Gasteiger partial charge in [0.15, 0.2) is 0 Å². The zero-order chi connectivity index (χ0) is 19.3. The van der Waals surface area contributed by atoms with Crippen molar-refractivity contribution in [3.63, 3.8) is 0 Å². The summed E-state index contributed by atoms with van der Waals surface area (Å²) in [7, 11) is 0. The first-order valence-electron chi connectivity index (χ1n) is 10.1. The van der Waals surface area contributed by atoms with Crippen molar-refractivity contribution in [2.75, 3.05) is 18.5 Å². The molecule has 2 fully saturated rings. The Morgan fingerprint density at radius 3 is 2.71 bits per heavy atom. The molecule has 0 bridgehead atoms. The predicted molar refractivity (Wildman–Crippen MR) is 106 cm³/mol. The summed E-state index contributed by atoms with van der Waals surface area (Å²) in [6.45, 7) is 2.94. The maximum absolute atomic E-state index is 13.5. The van der Waals surface area contributed by atoms with Crippen LogP contribution in [-0.4, -0.2) is 36.0 Å². The smallest absolute Gasteiger partial charge is 0.312 e. The van der Waals surface area contributed by atoms with Gasteiger partial charge in [0.25, 0.3) is 5.91 Å². The van der Waals surface area contributed by atoms with Gasteiger partial charge in [-0.2, -0.15) is 0 Å². The molecule has 5 rings (SSSR count). The van der Waals surface area contributed by atoms with Gasteiger partial charge in [-0.1, -0.05) is 48.5 Å². The Labute approximate surface area is 164 Å². The van der Waals surface area contributed by atoms with Crippen LogP contribution in [0.2, 0.25) is 0 Å². The van der Waals surface area contributed by atoms with E-state index in [4.69, 9.17) is 4.74 Å². The molecule has 2 aromatic carbocycles. The molecule has 144 valence electrons. The zero-order valence-corrected chi connectivity index (χ0v) is 15.9. The largest absolute Gasteiger partial charge is 0.466 e. The molecule has 28 heavy (non-hydrogen) atoms. The van der Waals surface area contributed by atoms with E-state index in [-0.39, 0.29) is 23.8 Å². The third-order valence-corrected chi connectivity index (χ3v) is 6.63. The average molecular weight is 376 g/mol. The number of nitrogens with one attached hydrogen (secondary N) is 1. The second-order valence-electron chi connectivity index (χ2n) is 7.84. The minimum atomic E-state index is -0.996. The van der Waals surface area contributed by atoms with Gasteiger partial charge in [-0.05, 0) is 37.9 Å². The summed E-state index contributed by atoms with van der Waals surface area (Å²) in [5, 5.41) is 3.05. The van der Waals surface area contributed by atoms with Crippen LogP contribution in [0.4, 0.5) is 5.69 Å². The second-order valence-corrected chi connectivity index (χ2v) is 7.84. The monoisotopic (exact) mass is 376 g/mol. The van der Waals surface area contributed by atoms with Gasteiger partial charge < -0.3 is 10.1 Å². The number of ether oxygens (including phenoxy) is 1. The Morgan fingerprint density at radius 2 is 1.93 bits per heavy atom. The summed E-state index contributed by atoms with van der Waals surface area (Å²) in [4.78, 5) is 29.2. The van der Waals surface area contributed by atoms with Gasteiger partial charge in [-0.3, -0.25) is 14.5 Å². The van der Waals surface area contributed by atoms with Crippen LogP contribution in [0.25, 0.3) is 0 Å². The Bertz CT molecular complexity index is 928. The summed E-state index contributed by atoms with van der Waals surface area (Å²) in [5.41, 5.74) is 1.82. The van der Waals surface area contributed by atoms with E-state index in [1.54, 1.807) is 0 Å². The number of carbonyl (C=O) groups excluding carboxylic acids is 2. The van der Waals surface area contributed by atoms with Gasteiger partial charge in [-0.25, -0.2) is 0 Å². The van der Waals surface area contributed by atoms with Crippen LogP contribution in [0.15, 0.2) is 54.6 Å². The molecule has 1 spiro atoms. The lowest BCUT2D eigenvalue weighted by Gasteiger charge is -2.36. The summed E-state index contributed by atoms with van der Waals surface area (Å²) in [6, 6.07) is 18.1. The Kier molecular flexibility index (Phi) is 4.02. The highest BCUT2D eigenvalue weighted by Crippen LogP contribution is 2.60. The number of esters is 1. The van der Waals surface area contributed by atoms with Crippen molar-refractivity contribution in [2.45, 2.75) is 37.3 Å². The minimum Gasteiger partial charge on any atom is -0.466 e. The fourth-order valence-corrected chi connectivity index (χ4v) is 5.76. The van der Waals surface area contributed by atoms with E-state index in [1.807, 2.05) is 49.4 Å². The average Bonchev–Trinajstić information content (AvgIpc) is 3.36. The highest BCUT2D eigenvalue weighted by atomic mass is 16.5. The number of amides is 1. The first kappa shape index (κ1) is 17.4. The van der Waals surface area contributed by atoms with Gasteiger partial charge in [0.1, 0.15) is 5.54 Å². The number of anilines is 1. The summed E-state index contributed by atoms with van der Waals surface area (Å²) in [5.74, 6) is -1.02. The van der Waals surface area contributed by atoms with Crippen molar-refractivity contribution in [2.24, 2.45) is 5.92 Å². The van der Waals surface area contributed by atoms with Crippen LogP contribution in [-0.2, 0) is 19.9 Å². The van der Waals surface area contributed by atoms with Crippen LogP contribution >= 0.6 is 0 Å². The quantitative estimate of drug-likeness (QED) is 0.836. The molecule has 4 atom stereocenters. The first-order chi connectivity index (χ1) is 13.7. The van der Waals surface area contributed by atoms with E-state index in [0.717, 1.165) is 36.2 Å². The van der Waals surface area contributed by atoms with E-state index in [2.05, 4.69) is 22.3 Å². The standard InChI is InChI=1S/C23H24N2O3/c1-2-28-21(26)20-19(15-9-4-3-5-10-15)18-13-8-14-25(18)23(20)16-11-6-7-12-17(16)24-22(23)27/h3-7,9-12,18-20H,2,8,13-14H2,1H3,(H,24,27)/t18-,19+,20-,23-/m0/s1. The van der Waals surface area contributed by atoms with Gasteiger partial charge in [0.05, 0.1) is 12.5 Å². The Hall–Kier alpha value is -2.66. The van der Waals surface area contributed by atoms with Crippen LogP contribution < -0.4 is 5.32 Å². The highest BCUT2D eigenvalue weighted by Gasteiger charge is 2.69. The lowest BCUT2D eigenvalue weighted by atomic mass is 9.72. The van der Waals surface area contributed by atoms with E-state index in [1.165, 1.54) is 0 Å². The van der Waals surface area contributed by atoms with Crippen LogP contribution in [0.3, 0.4) is 0 Å². The molecule has 0 saturated carbocycles. The Balaban J connectivity index is 1.76. The molecule has 0 unspecified atom stereocenters. The third kappa shape index (κ3) is 2.17. The van der Waals surface area contributed by atoms with Crippen molar-refractivity contribution in [3.05, 3.63) is 65.7 Å². The molecular formula is C23H24N2O3. The lowest BCUT2D eigenvalue weighted by molar-refractivity contribution is -0.155. The minimum absolute atomic E-state index is 0.0698. The van der Waals surface area contributed by atoms with E-state index in [9.17, 15) is 9.59 Å². The van der Waals surface area contributed by atoms with E-state index < -0.39 is 11.5 Å².